The Labute approximate surface area is 191 Å². The highest BCUT2D eigenvalue weighted by Gasteiger charge is 2.21. The molecule has 7 nitrogen and oxygen atoms in total. The van der Waals surface area contributed by atoms with Crippen molar-refractivity contribution in [1.29, 1.82) is 0 Å². The molecule has 0 unspecified atom stereocenters. The highest BCUT2D eigenvalue weighted by atomic mass is 35.5. The number of amides is 2. The minimum atomic E-state index is -0.769. The van der Waals surface area contributed by atoms with Gasteiger partial charge >= 0.3 is 0 Å². The van der Waals surface area contributed by atoms with Crippen molar-refractivity contribution < 1.29 is 18.7 Å². The van der Waals surface area contributed by atoms with Crippen LogP contribution >= 0.6 is 34.8 Å². The molecule has 0 radical (unpaired) electrons. The van der Waals surface area contributed by atoms with E-state index in [1.165, 1.54) is 43.6 Å². The molecule has 11 heteroatoms. The zero-order chi connectivity index (χ0) is 22.7. The topological polar surface area (TPSA) is 109 Å². The van der Waals surface area contributed by atoms with E-state index in [4.69, 9.17) is 45.3 Å². The number of aromatic nitrogens is 1. The number of nitrogens with two attached hydrogens (primary N) is 1. The van der Waals surface area contributed by atoms with E-state index in [-0.39, 0.29) is 44.9 Å². The number of nitrogens with one attached hydrogen (secondary N) is 3. The summed E-state index contributed by atoms with van der Waals surface area (Å²) in [5.74, 6) is -1.89. The fraction of sp³-hybridized carbons (Fsp3) is 0.100. The van der Waals surface area contributed by atoms with Crippen molar-refractivity contribution in [2.45, 2.75) is 6.54 Å². The number of hydrogen-bond acceptors (Lipinski definition) is 4. The lowest BCUT2D eigenvalue weighted by Crippen LogP contribution is -2.24. The minimum Gasteiger partial charge on any atom is -0.453 e. The summed E-state index contributed by atoms with van der Waals surface area (Å²) in [6.45, 7) is -0.194. The molecule has 2 aromatic carbocycles. The molecule has 1 heterocycles. The number of carbonyl (C=O) groups is 2. The molecular weight excluding hydrogens is 470 g/mol. The number of ether oxygens (including phenoxy) is 1. The predicted molar refractivity (Wildman–Crippen MR) is 118 cm³/mol. The Morgan fingerprint density at radius 2 is 1.90 bits per heavy atom. The summed E-state index contributed by atoms with van der Waals surface area (Å²) < 4.78 is 20.5. The van der Waals surface area contributed by atoms with E-state index in [1.54, 1.807) is 0 Å². The zero-order valence-electron chi connectivity index (χ0n) is 16.0. The van der Waals surface area contributed by atoms with E-state index in [2.05, 4.69) is 15.6 Å². The van der Waals surface area contributed by atoms with Crippen molar-refractivity contribution in [3.8, 4) is 11.5 Å². The summed E-state index contributed by atoms with van der Waals surface area (Å²) in [5.41, 5.74) is 6.25. The van der Waals surface area contributed by atoms with E-state index >= 15 is 0 Å². The maximum absolute atomic E-state index is 15.0. The average Bonchev–Trinajstić information content (AvgIpc) is 3.10. The third kappa shape index (κ3) is 5.04. The first-order valence-electron chi connectivity index (χ1n) is 8.79. The van der Waals surface area contributed by atoms with Crippen LogP contribution in [0.5, 0.6) is 11.5 Å². The molecule has 2 amide bonds. The summed E-state index contributed by atoms with van der Waals surface area (Å²) in [4.78, 5) is 26.8. The molecule has 1 aromatic heterocycles. The van der Waals surface area contributed by atoms with Gasteiger partial charge in [-0.3, -0.25) is 9.59 Å². The largest absolute Gasteiger partial charge is 0.453 e. The van der Waals surface area contributed by atoms with Gasteiger partial charge in [-0.25, -0.2) is 4.39 Å². The van der Waals surface area contributed by atoms with Crippen LogP contribution in [0.15, 0.2) is 36.5 Å². The van der Waals surface area contributed by atoms with Crippen molar-refractivity contribution in [1.82, 2.24) is 15.6 Å². The first-order valence-corrected chi connectivity index (χ1v) is 9.92. The maximum Gasteiger partial charge on any atom is 0.269 e. The van der Waals surface area contributed by atoms with Crippen molar-refractivity contribution in [3.63, 3.8) is 0 Å². The second kappa shape index (κ2) is 9.47. The molecule has 3 aromatic rings. The molecule has 0 aliphatic carbocycles. The van der Waals surface area contributed by atoms with Gasteiger partial charge in [0.15, 0.2) is 11.6 Å². The number of benzene rings is 2. The summed E-state index contributed by atoms with van der Waals surface area (Å²) in [6.07, 6.45) is 1.31. The normalized spacial score (nSPS) is 10.6. The number of nitrogen functional groups attached to an aromatic ring is 1. The minimum absolute atomic E-state index is 0.0220. The summed E-state index contributed by atoms with van der Waals surface area (Å²) in [5, 5.41) is 5.23. The first kappa shape index (κ1) is 22.7. The van der Waals surface area contributed by atoms with Gasteiger partial charge in [-0.2, -0.15) is 0 Å². The molecule has 162 valence electrons. The summed E-state index contributed by atoms with van der Waals surface area (Å²) in [7, 11) is 1.44. The van der Waals surface area contributed by atoms with Gasteiger partial charge in [0.2, 0.25) is 0 Å². The molecule has 0 atom stereocenters. The highest BCUT2D eigenvalue weighted by molar-refractivity contribution is 6.36. The van der Waals surface area contributed by atoms with Gasteiger partial charge in [0, 0.05) is 42.1 Å². The number of carbonyl (C=O) groups excluding carboxylic acids is 2. The van der Waals surface area contributed by atoms with E-state index in [0.717, 1.165) is 0 Å². The number of hydrogen-bond donors (Lipinski definition) is 4. The molecule has 0 fully saturated rings. The third-order valence-electron chi connectivity index (χ3n) is 4.20. The molecule has 0 aliphatic heterocycles. The molecule has 0 spiro atoms. The van der Waals surface area contributed by atoms with Crippen LogP contribution in [-0.4, -0.2) is 23.8 Å². The van der Waals surface area contributed by atoms with Crippen LogP contribution in [-0.2, 0) is 6.54 Å². The van der Waals surface area contributed by atoms with Crippen LogP contribution in [0.2, 0.25) is 15.1 Å². The lowest BCUT2D eigenvalue weighted by atomic mass is 10.2. The van der Waals surface area contributed by atoms with Gasteiger partial charge in [-0.15, -0.1) is 0 Å². The Bertz CT molecular complexity index is 1150. The third-order valence-corrected chi connectivity index (χ3v) is 5.11. The number of anilines is 1. The summed E-state index contributed by atoms with van der Waals surface area (Å²) in [6, 6.07) is 7.27. The van der Waals surface area contributed by atoms with Crippen molar-refractivity contribution in [3.05, 3.63) is 74.2 Å². The zero-order valence-corrected chi connectivity index (χ0v) is 18.3. The van der Waals surface area contributed by atoms with E-state index < -0.39 is 17.6 Å². The van der Waals surface area contributed by atoms with Gasteiger partial charge < -0.3 is 26.1 Å². The quantitative estimate of drug-likeness (QED) is 0.377. The molecule has 0 saturated heterocycles. The standard InChI is InChI=1S/C20H16Cl3FN4O3/c1-26-19(29)13-8-27-17(15(13)23)20(30)28-7-9-2-3-14(22)18(16(9)24)31-12-5-10(21)4-11(25)6-12/h2-6,8,27H,7,25H2,1H3,(H,26,29)(H,28,30). The van der Waals surface area contributed by atoms with Crippen molar-refractivity contribution in [2.75, 3.05) is 12.8 Å². The second-order valence-corrected chi connectivity index (χ2v) is 7.55. The van der Waals surface area contributed by atoms with Crippen LogP contribution in [0.1, 0.15) is 26.4 Å². The van der Waals surface area contributed by atoms with Crippen LogP contribution < -0.4 is 21.1 Å². The van der Waals surface area contributed by atoms with Gasteiger partial charge in [0.05, 0.1) is 15.6 Å². The monoisotopic (exact) mass is 484 g/mol. The summed E-state index contributed by atoms with van der Waals surface area (Å²) >= 11 is 18.1. The van der Waals surface area contributed by atoms with Crippen LogP contribution in [0.4, 0.5) is 10.1 Å². The number of aromatic amines is 1. The molecule has 3 rings (SSSR count). The lowest BCUT2D eigenvalue weighted by molar-refractivity contribution is 0.0945. The first-order chi connectivity index (χ1) is 14.7. The van der Waals surface area contributed by atoms with Crippen LogP contribution in [0.3, 0.4) is 0 Å². The molecule has 0 bridgehead atoms. The number of H-pyrrole nitrogens is 1. The van der Waals surface area contributed by atoms with Gasteiger partial charge in [0.1, 0.15) is 11.4 Å². The van der Waals surface area contributed by atoms with Gasteiger partial charge in [0.25, 0.3) is 11.8 Å². The van der Waals surface area contributed by atoms with Gasteiger partial charge in [-0.05, 0) is 18.2 Å². The highest BCUT2D eigenvalue weighted by Crippen LogP contribution is 2.35. The van der Waals surface area contributed by atoms with Crippen LogP contribution in [0, 0.1) is 5.82 Å². The Balaban J connectivity index is 1.78. The molecule has 31 heavy (non-hydrogen) atoms. The average molecular weight is 486 g/mol. The Kier molecular flexibility index (Phi) is 6.94. The fourth-order valence-corrected chi connectivity index (χ4v) is 3.40. The molecular formula is C20H16Cl3FN4O3. The van der Waals surface area contributed by atoms with Crippen molar-refractivity contribution >= 4 is 52.3 Å². The predicted octanol–water partition coefficient (Wildman–Crippen LogP) is 4.78. The lowest BCUT2D eigenvalue weighted by Gasteiger charge is -2.13. The number of halogens is 4. The van der Waals surface area contributed by atoms with E-state index in [9.17, 15) is 14.0 Å². The SMILES string of the molecule is CNC(=O)c1c[nH]c(C(=O)NCc2ccc(Cl)c(Oc3cc(N)cc(Cl)c3)c2F)c1Cl. The molecule has 5 N–H and O–H groups in total. The smallest absolute Gasteiger partial charge is 0.269 e. The fourth-order valence-electron chi connectivity index (χ4n) is 2.70. The Morgan fingerprint density at radius 3 is 2.58 bits per heavy atom. The van der Waals surface area contributed by atoms with Crippen molar-refractivity contribution in [2.24, 2.45) is 0 Å². The second-order valence-electron chi connectivity index (χ2n) is 6.33. The van der Waals surface area contributed by atoms with Crippen LogP contribution in [0.25, 0.3) is 0 Å². The van der Waals surface area contributed by atoms with Gasteiger partial charge in [-0.1, -0.05) is 40.9 Å². The number of rotatable bonds is 6. The Hall–Kier alpha value is -2.94. The van der Waals surface area contributed by atoms with E-state index in [1.807, 2.05) is 0 Å². The maximum atomic E-state index is 15.0. The molecule has 0 saturated carbocycles. The molecule has 0 aliphatic rings. The van der Waals surface area contributed by atoms with E-state index in [0.29, 0.717) is 10.7 Å². The Morgan fingerprint density at radius 1 is 1.16 bits per heavy atom.